The number of rotatable bonds is 3. The van der Waals surface area contributed by atoms with E-state index in [0.29, 0.717) is 11.1 Å². The van der Waals surface area contributed by atoms with Crippen molar-refractivity contribution in [3.8, 4) is 11.4 Å². The minimum Gasteiger partial charge on any atom is -0.258 e. The molecule has 9 nitrogen and oxygen atoms in total. The highest BCUT2D eigenvalue weighted by Crippen LogP contribution is 2.24. The van der Waals surface area contributed by atoms with E-state index in [1.807, 2.05) is 0 Å². The fourth-order valence-corrected chi connectivity index (χ4v) is 1.89. The second kappa shape index (κ2) is 4.40. The third-order valence-electron chi connectivity index (χ3n) is 2.39. The van der Waals surface area contributed by atoms with Crippen molar-refractivity contribution < 1.29 is 13.3 Å². The first-order valence-corrected chi connectivity index (χ1v) is 6.54. The average Bonchev–Trinajstić information content (AvgIpc) is 2.76. The molecule has 1 aromatic carbocycles. The highest BCUT2D eigenvalue weighted by Gasteiger charge is 2.17. The lowest BCUT2D eigenvalue weighted by molar-refractivity contribution is -0.385. The van der Waals surface area contributed by atoms with Crippen molar-refractivity contribution in [2.45, 2.75) is 12.1 Å². The van der Waals surface area contributed by atoms with Crippen LogP contribution in [-0.2, 0) is 10.0 Å². The van der Waals surface area contributed by atoms with E-state index in [1.165, 1.54) is 18.2 Å². The molecule has 19 heavy (non-hydrogen) atoms. The second-order valence-corrected chi connectivity index (χ2v) is 5.24. The van der Waals surface area contributed by atoms with Gasteiger partial charge in [-0.05, 0) is 19.1 Å². The number of nitrogens with one attached hydrogen (secondary N) is 1. The Bertz CT molecular complexity index is 752. The van der Waals surface area contributed by atoms with Crippen LogP contribution in [-0.4, -0.2) is 28.5 Å². The van der Waals surface area contributed by atoms with Gasteiger partial charge in [0, 0.05) is 17.2 Å². The maximum Gasteiger partial charge on any atom is 0.273 e. The zero-order chi connectivity index (χ0) is 14.2. The van der Waals surface area contributed by atoms with Crippen molar-refractivity contribution in [1.29, 1.82) is 0 Å². The molecule has 0 aliphatic rings. The number of primary sulfonamides is 1. The molecule has 2 aromatic rings. The Labute approximate surface area is 107 Å². The first-order valence-electron chi connectivity index (χ1n) is 4.99. The molecule has 0 spiro atoms. The van der Waals surface area contributed by atoms with E-state index in [4.69, 9.17) is 5.14 Å². The molecule has 1 heterocycles. The Hall–Kier alpha value is -2.33. The second-order valence-electron chi connectivity index (χ2n) is 3.77. The molecule has 0 fully saturated rings. The highest BCUT2D eigenvalue weighted by atomic mass is 32.2. The predicted molar refractivity (Wildman–Crippen MR) is 64.6 cm³/mol. The van der Waals surface area contributed by atoms with E-state index in [-0.39, 0.29) is 11.5 Å². The summed E-state index contributed by atoms with van der Waals surface area (Å²) in [4.78, 5) is 13.9. The number of nitro groups is 1. The van der Waals surface area contributed by atoms with Crippen LogP contribution in [0.3, 0.4) is 0 Å². The van der Waals surface area contributed by atoms with E-state index in [9.17, 15) is 18.5 Å². The number of nitrogens with two attached hydrogens (primary N) is 1. The summed E-state index contributed by atoms with van der Waals surface area (Å²) < 4.78 is 22.1. The van der Waals surface area contributed by atoms with Gasteiger partial charge in [-0.2, -0.15) is 10.1 Å². The third kappa shape index (κ3) is 2.58. The van der Waals surface area contributed by atoms with Gasteiger partial charge >= 0.3 is 0 Å². The standard InChI is InChI=1S/C9H9N5O4S/c1-5-4-6(2-3-7(5)14(15)16)8-11-9(13-12-8)19(10,17)18/h2-4H,1H3,(H2,10,17,18)(H,11,12,13). The van der Waals surface area contributed by atoms with Gasteiger partial charge in [-0.3, -0.25) is 10.1 Å². The largest absolute Gasteiger partial charge is 0.273 e. The van der Waals surface area contributed by atoms with Gasteiger partial charge < -0.3 is 0 Å². The maximum atomic E-state index is 11.0. The zero-order valence-electron chi connectivity index (χ0n) is 9.69. The number of benzene rings is 1. The SMILES string of the molecule is Cc1cc(-c2n[nH]c(S(N)(=O)=O)n2)ccc1[N+](=O)[O-]. The van der Waals surface area contributed by atoms with Crippen LogP contribution in [0.25, 0.3) is 11.4 Å². The van der Waals surface area contributed by atoms with E-state index in [0.717, 1.165) is 0 Å². The number of aromatic amines is 1. The van der Waals surface area contributed by atoms with Gasteiger partial charge in [0.1, 0.15) is 0 Å². The molecule has 0 aliphatic carbocycles. The van der Waals surface area contributed by atoms with E-state index in [2.05, 4.69) is 15.2 Å². The molecule has 3 N–H and O–H groups in total. The van der Waals surface area contributed by atoms with Crippen molar-refractivity contribution in [3.63, 3.8) is 0 Å². The molecule has 0 saturated heterocycles. The molecule has 10 heteroatoms. The van der Waals surface area contributed by atoms with E-state index < -0.39 is 20.1 Å². The number of aryl methyl sites for hydroxylation is 1. The summed E-state index contributed by atoms with van der Waals surface area (Å²) in [5.41, 5.74) is 0.838. The first kappa shape index (κ1) is 13.1. The first-order chi connectivity index (χ1) is 8.79. The van der Waals surface area contributed by atoms with Gasteiger partial charge in [0.15, 0.2) is 5.82 Å². The van der Waals surface area contributed by atoms with Crippen LogP contribution >= 0.6 is 0 Å². The van der Waals surface area contributed by atoms with Crippen molar-refractivity contribution in [2.24, 2.45) is 5.14 Å². The minimum absolute atomic E-state index is 0.0362. The van der Waals surface area contributed by atoms with Gasteiger partial charge in [0.25, 0.3) is 20.9 Å². The summed E-state index contributed by atoms with van der Waals surface area (Å²) >= 11 is 0. The number of hydrogen-bond donors (Lipinski definition) is 2. The number of hydrogen-bond acceptors (Lipinski definition) is 6. The summed E-state index contributed by atoms with van der Waals surface area (Å²) in [5, 5.41) is 21.0. The van der Waals surface area contributed by atoms with Crippen LogP contribution in [0.2, 0.25) is 0 Å². The average molecular weight is 283 g/mol. The predicted octanol–water partition coefficient (Wildman–Crippen LogP) is 0.336. The molecule has 2 rings (SSSR count). The molecule has 0 atom stereocenters. The Morgan fingerprint density at radius 1 is 1.42 bits per heavy atom. The molecule has 1 aromatic heterocycles. The van der Waals surface area contributed by atoms with Gasteiger partial charge in [0.05, 0.1) is 4.92 Å². The summed E-state index contributed by atoms with van der Waals surface area (Å²) in [6, 6.07) is 4.23. The molecule has 0 radical (unpaired) electrons. The molecule has 0 bridgehead atoms. The normalized spacial score (nSPS) is 11.5. The summed E-state index contributed by atoms with van der Waals surface area (Å²) in [5.74, 6) is 0.0991. The molecule has 0 amide bonds. The topological polar surface area (TPSA) is 145 Å². The van der Waals surface area contributed by atoms with Gasteiger partial charge in [-0.1, -0.05) is 0 Å². The number of nitro benzene ring substituents is 1. The quantitative estimate of drug-likeness (QED) is 0.613. The number of nitrogens with zero attached hydrogens (tertiary/aromatic N) is 3. The fraction of sp³-hybridized carbons (Fsp3) is 0.111. The van der Waals surface area contributed by atoms with Crippen molar-refractivity contribution in [3.05, 3.63) is 33.9 Å². The molecule has 0 unspecified atom stereocenters. The molecule has 0 saturated carbocycles. The minimum atomic E-state index is -3.96. The molecular formula is C9H9N5O4S. The maximum absolute atomic E-state index is 11.0. The van der Waals surface area contributed by atoms with Crippen LogP contribution in [0, 0.1) is 17.0 Å². The number of aromatic nitrogens is 3. The molecular weight excluding hydrogens is 274 g/mol. The van der Waals surface area contributed by atoms with Crippen LogP contribution < -0.4 is 5.14 Å². The molecule has 100 valence electrons. The summed E-state index contributed by atoms with van der Waals surface area (Å²) in [6.07, 6.45) is 0. The van der Waals surface area contributed by atoms with Crippen molar-refractivity contribution >= 4 is 15.7 Å². The summed E-state index contributed by atoms with van der Waals surface area (Å²) in [7, 11) is -3.96. The van der Waals surface area contributed by atoms with Gasteiger partial charge in [0.2, 0.25) is 0 Å². The van der Waals surface area contributed by atoms with Crippen LogP contribution in [0.5, 0.6) is 0 Å². The number of H-pyrrole nitrogens is 1. The fourth-order valence-electron chi connectivity index (χ4n) is 1.50. The van der Waals surface area contributed by atoms with Crippen LogP contribution in [0.15, 0.2) is 23.4 Å². The Kier molecular flexibility index (Phi) is 3.04. The lowest BCUT2D eigenvalue weighted by atomic mass is 10.1. The van der Waals surface area contributed by atoms with Crippen molar-refractivity contribution in [2.75, 3.05) is 0 Å². The monoisotopic (exact) mass is 283 g/mol. The third-order valence-corrected chi connectivity index (χ3v) is 3.11. The lowest BCUT2D eigenvalue weighted by Crippen LogP contribution is -2.13. The Balaban J connectivity index is 2.46. The zero-order valence-corrected chi connectivity index (χ0v) is 10.5. The van der Waals surface area contributed by atoms with Crippen molar-refractivity contribution in [1.82, 2.24) is 15.2 Å². The van der Waals surface area contributed by atoms with Crippen LogP contribution in [0.1, 0.15) is 5.56 Å². The van der Waals surface area contributed by atoms with Gasteiger partial charge in [-0.25, -0.2) is 18.7 Å². The highest BCUT2D eigenvalue weighted by molar-refractivity contribution is 7.89. The summed E-state index contributed by atoms with van der Waals surface area (Å²) in [6.45, 7) is 1.56. The Morgan fingerprint density at radius 3 is 2.58 bits per heavy atom. The lowest BCUT2D eigenvalue weighted by Gasteiger charge is -1.99. The number of sulfonamides is 1. The Morgan fingerprint density at radius 2 is 2.11 bits per heavy atom. The van der Waals surface area contributed by atoms with Gasteiger partial charge in [-0.15, -0.1) is 0 Å². The van der Waals surface area contributed by atoms with Crippen LogP contribution in [0.4, 0.5) is 5.69 Å². The smallest absolute Gasteiger partial charge is 0.258 e. The van der Waals surface area contributed by atoms with E-state index in [1.54, 1.807) is 6.92 Å². The molecule has 0 aliphatic heterocycles. The van der Waals surface area contributed by atoms with E-state index >= 15 is 0 Å².